The third kappa shape index (κ3) is 2.10. The van der Waals surface area contributed by atoms with Crippen LogP contribution in [0.3, 0.4) is 0 Å². The van der Waals surface area contributed by atoms with E-state index in [1.807, 2.05) is 34.9 Å². The van der Waals surface area contributed by atoms with Gasteiger partial charge in [-0.25, -0.2) is 0 Å². The molecule has 0 aliphatic carbocycles. The molecule has 0 aliphatic heterocycles. The molecule has 2 heterocycles. The van der Waals surface area contributed by atoms with E-state index < -0.39 is 0 Å². The second-order valence-electron chi connectivity index (χ2n) is 3.86. The average Bonchev–Trinajstić information content (AvgIpc) is 2.85. The monoisotopic (exact) mass is 314 g/mol. The van der Waals surface area contributed by atoms with Gasteiger partial charge in [-0.2, -0.15) is 0 Å². The lowest BCUT2D eigenvalue weighted by atomic mass is 10.3. The van der Waals surface area contributed by atoms with Crippen LogP contribution in [0.4, 0.5) is 0 Å². The van der Waals surface area contributed by atoms with Crippen molar-refractivity contribution in [2.24, 2.45) is 0 Å². The summed E-state index contributed by atoms with van der Waals surface area (Å²) < 4.78 is 3.44. The van der Waals surface area contributed by atoms with E-state index in [9.17, 15) is 0 Å². The van der Waals surface area contributed by atoms with Gasteiger partial charge >= 0.3 is 0 Å². The first kappa shape index (κ1) is 12.2. The summed E-state index contributed by atoms with van der Waals surface area (Å²) in [6.45, 7) is 0.681. The fourth-order valence-corrected chi connectivity index (χ4v) is 3.54. The van der Waals surface area contributed by atoms with Crippen LogP contribution in [0.2, 0.25) is 9.36 Å². The van der Waals surface area contributed by atoms with Crippen LogP contribution < -0.4 is 0 Å². The molecule has 2 nitrogen and oxygen atoms in total. The summed E-state index contributed by atoms with van der Waals surface area (Å²) in [5, 5.41) is 0.697. The zero-order valence-corrected chi connectivity index (χ0v) is 12.3. The number of hydrogen-bond donors (Lipinski definition) is 1. The molecule has 0 atom stereocenters. The molecule has 0 saturated carbocycles. The Morgan fingerprint density at radius 3 is 2.78 bits per heavy atom. The number of rotatable bonds is 2. The maximum absolute atomic E-state index is 6.24. The van der Waals surface area contributed by atoms with Gasteiger partial charge in [0.2, 0.25) is 0 Å². The van der Waals surface area contributed by atoms with E-state index in [-0.39, 0.29) is 0 Å². The predicted octanol–water partition coefficient (Wildman–Crippen LogP) is 5.12. The summed E-state index contributed by atoms with van der Waals surface area (Å²) in [7, 11) is 0. The number of nitrogens with one attached hydrogen (secondary N) is 1. The Balaban J connectivity index is 2.16. The van der Waals surface area contributed by atoms with Crippen molar-refractivity contribution >= 4 is 57.8 Å². The maximum Gasteiger partial charge on any atom is 0.178 e. The highest BCUT2D eigenvalue weighted by atomic mass is 35.5. The van der Waals surface area contributed by atoms with Gasteiger partial charge in [0, 0.05) is 4.88 Å². The number of imidazole rings is 1. The normalized spacial score (nSPS) is 11.2. The second kappa shape index (κ2) is 4.70. The van der Waals surface area contributed by atoms with Gasteiger partial charge < -0.3 is 9.55 Å². The predicted molar refractivity (Wildman–Crippen MR) is 80.6 cm³/mol. The summed E-state index contributed by atoms with van der Waals surface area (Å²) in [5.41, 5.74) is 1.89. The van der Waals surface area contributed by atoms with Crippen LogP contribution in [0.5, 0.6) is 0 Å². The van der Waals surface area contributed by atoms with Gasteiger partial charge in [0.25, 0.3) is 0 Å². The Morgan fingerprint density at radius 1 is 1.22 bits per heavy atom. The molecular formula is C12H8Cl2N2S2. The SMILES string of the molecule is S=c1[nH]c2cccc(Cl)c2n1Cc1ccc(Cl)s1. The van der Waals surface area contributed by atoms with Crippen molar-refractivity contribution in [1.82, 2.24) is 9.55 Å². The van der Waals surface area contributed by atoms with Crippen molar-refractivity contribution in [2.75, 3.05) is 0 Å². The van der Waals surface area contributed by atoms with Crippen LogP contribution in [0.1, 0.15) is 4.88 Å². The first-order valence-electron chi connectivity index (χ1n) is 5.26. The van der Waals surface area contributed by atoms with Crippen molar-refractivity contribution in [3.8, 4) is 0 Å². The molecule has 2 aromatic heterocycles. The van der Waals surface area contributed by atoms with Crippen LogP contribution in [0.25, 0.3) is 11.0 Å². The molecule has 0 saturated heterocycles. The van der Waals surface area contributed by atoms with E-state index in [4.69, 9.17) is 35.4 Å². The average molecular weight is 315 g/mol. The summed E-state index contributed by atoms with van der Waals surface area (Å²) in [6.07, 6.45) is 0. The van der Waals surface area contributed by atoms with E-state index in [1.165, 1.54) is 0 Å². The third-order valence-corrected chi connectivity index (χ3v) is 4.53. The van der Waals surface area contributed by atoms with Crippen molar-refractivity contribution in [3.63, 3.8) is 0 Å². The zero-order chi connectivity index (χ0) is 12.7. The number of H-pyrrole nitrogens is 1. The number of thiophene rings is 1. The minimum absolute atomic E-state index is 0.669. The van der Waals surface area contributed by atoms with Gasteiger partial charge in [-0.05, 0) is 36.5 Å². The number of halogens is 2. The molecule has 0 amide bonds. The lowest BCUT2D eigenvalue weighted by Crippen LogP contribution is -1.97. The smallest absolute Gasteiger partial charge is 0.178 e. The van der Waals surface area contributed by atoms with E-state index in [0.717, 1.165) is 20.2 Å². The van der Waals surface area contributed by atoms with E-state index in [0.29, 0.717) is 16.3 Å². The fourth-order valence-electron chi connectivity index (χ4n) is 1.92. The number of hydrogen-bond acceptors (Lipinski definition) is 2. The van der Waals surface area contributed by atoms with Crippen LogP contribution in [-0.4, -0.2) is 9.55 Å². The Hall–Kier alpha value is -0.810. The Labute approximate surface area is 123 Å². The Bertz CT molecular complexity index is 770. The quantitative estimate of drug-likeness (QED) is 0.651. The summed E-state index contributed by atoms with van der Waals surface area (Å²) in [6, 6.07) is 9.63. The minimum Gasteiger partial charge on any atom is -0.331 e. The van der Waals surface area contributed by atoms with Gasteiger partial charge in [-0.1, -0.05) is 29.3 Å². The summed E-state index contributed by atoms with van der Waals surface area (Å²) in [5.74, 6) is 0. The third-order valence-electron chi connectivity index (χ3n) is 2.69. The first-order valence-corrected chi connectivity index (χ1v) is 7.24. The van der Waals surface area contributed by atoms with Gasteiger partial charge in [0.1, 0.15) is 0 Å². The van der Waals surface area contributed by atoms with Gasteiger partial charge in [0.05, 0.1) is 26.9 Å². The van der Waals surface area contributed by atoms with Crippen molar-refractivity contribution in [2.45, 2.75) is 6.54 Å². The van der Waals surface area contributed by atoms with E-state index >= 15 is 0 Å². The minimum atomic E-state index is 0.669. The molecule has 0 radical (unpaired) electrons. The number of fused-ring (bicyclic) bond motifs is 1. The van der Waals surface area contributed by atoms with E-state index in [2.05, 4.69) is 4.98 Å². The lowest BCUT2D eigenvalue weighted by Gasteiger charge is -2.03. The topological polar surface area (TPSA) is 20.7 Å². The lowest BCUT2D eigenvalue weighted by molar-refractivity contribution is 0.823. The highest BCUT2D eigenvalue weighted by Gasteiger charge is 2.09. The Kier molecular flexibility index (Phi) is 3.20. The molecule has 0 fully saturated rings. The molecular weight excluding hydrogens is 307 g/mol. The number of para-hydroxylation sites is 1. The molecule has 1 aromatic carbocycles. The molecule has 92 valence electrons. The van der Waals surface area contributed by atoms with Gasteiger partial charge in [0.15, 0.2) is 4.77 Å². The molecule has 3 rings (SSSR count). The number of aromatic nitrogens is 2. The highest BCUT2D eigenvalue weighted by molar-refractivity contribution is 7.71. The second-order valence-corrected chi connectivity index (χ2v) is 6.45. The fraction of sp³-hybridized carbons (Fsp3) is 0.0833. The summed E-state index contributed by atoms with van der Waals surface area (Å²) >= 11 is 19.1. The van der Waals surface area contributed by atoms with E-state index in [1.54, 1.807) is 11.3 Å². The molecule has 0 aliphatic rings. The molecule has 0 unspecified atom stereocenters. The largest absolute Gasteiger partial charge is 0.331 e. The van der Waals surface area contributed by atoms with Crippen molar-refractivity contribution in [1.29, 1.82) is 0 Å². The van der Waals surface area contributed by atoms with Crippen LogP contribution >= 0.6 is 46.8 Å². The Morgan fingerprint density at radius 2 is 2.06 bits per heavy atom. The van der Waals surface area contributed by atoms with Crippen molar-refractivity contribution in [3.05, 3.63) is 49.3 Å². The molecule has 18 heavy (non-hydrogen) atoms. The van der Waals surface area contributed by atoms with Gasteiger partial charge in [-0.15, -0.1) is 11.3 Å². The molecule has 3 aromatic rings. The number of benzene rings is 1. The zero-order valence-electron chi connectivity index (χ0n) is 9.11. The molecule has 1 N–H and O–H groups in total. The molecule has 0 bridgehead atoms. The number of nitrogens with zero attached hydrogens (tertiary/aromatic N) is 1. The van der Waals surface area contributed by atoms with Gasteiger partial charge in [-0.3, -0.25) is 0 Å². The van der Waals surface area contributed by atoms with Crippen LogP contribution in [0.15, 0.2) is 30.3 Å². The standard InChI is InChI=1S/C12H8Cl2N2S2/c13-8-2-1-3-9-11(8)16(12(17)15-9)6-7-4-5-10(14)18-7/h1-5H,6H2,(H,15,17). The van der Waals surface area contributed by atoms with Crippen LogP contribution in [-0.2, 0) is 6.54 Å². The van der Waals surface area contributed by atoms with Crippen LogP contribution in [0, 0.1) is 4.77 Å². The number of aromatic amines is 1. The summed E-state index contributed by atoms with van der Waals surface area (Å²) in [4.78, 5) is 4.31. The molecule has 6 heteroatoms. The van der Waals surface area contributed by atoms with Crippen molar-refractivity contribution < 1.29 is 0 Å². The maximum atomic E-state index is 6.24. The highest BCUT2D eigenvalue weighted by Crippen LogP contribution is 2.27. The molecule has 0 spiro atoms. The first-order chi connectivity index (χ1) is 8.65.